The van der Waals surface area contributed by atoms with E-state index in [0.29, 0.717) is 0 Å². The van der Waals surface area contributed by atoms with Gasteiger partial charge in [-0.3, -0.25) is 28.8 Å². The number of rotatable bonds is 22. The SMILES string of the molecule is C[C@H](CC(=O)[C@H](C)NC(=O)OCC1c2ccccc2-c2ccccc21)C(=O)N[C@@H](C)C(=O)N1[C@@H](C)C(=O)OC[C@H]1c1ccccc1.C[C@H](NC(=O)OCC1c2ccccc2-c2ccccc21)C(=O)N1[C@@H](C)C(=O)OC[C@H]1c1ccccc1.C[C@H](NC(=O)OCC1c2ccccc2-c2ccccc21)C(=O)N[C@@H](C)C(=O)N1[C@@H](C)C(=O)OC[C@H]1c1ccccc1. The first kappa shape index (κ1) is 87.0. The van der Waals surface area contributed by atoms with Gasteiger partial charge in [-0.25, -0.2) is 28.8 Å². The van der Waals surface area contributed by atoms with Gasteiger partial charge in [0.2, 0.25) is 29.5 Å². The number of cyclic esters (lactones) is 3. The Bertz CT molecular complexity index is 5280. The Labute approximate surface area is 713 Å². The molecule has 0 spiro atoms. The van der Waals surface area contributed by atoms with Crippen molar-refractivity contribution in [1.82, 2.24) is 41.3 Å². The monoisotopic (exact) mass is 1660 g/mol. The van der Waals surface area contributed by atoms with E-state index < -0.39 is 132 Å². The van der Waals surface area contributed by atoms with Crippen molar-refractivity contribution in [2.24, 2.45) is 5.92 Å². The molecule has 3 saturated heterocycles. The maximum atomic E-state index is 13.5. The van der Waals surface area contributed by atoms with Crippen LogP contribution in [0.4, 0.5) is 14.4 Å². The number of hydrogen-bond acceptors (Lipinski definition) is 18. The van der Waals surface area contributed by atoms with Gasteiger partial charge in [-0.2, -0.15) is 0 Å². The van der Waals surface area contributed by atoms with E-state index in [9.17, 15) is 57.5 Å². The number of carbonyl (C=O) groups excluding carboxylic acids is 12. The number of ketones is 1. The minimum absolute atomic E-state index is 0.0130. The lowest BCUT2D eigenvalue weighted by Gasteiger charge is -2.40. The quantitative estimate of drug-likeness (QED) is 0.0311. The molecule has 9 aromatic carbocycles. The second-order valence-corrected chi connectivity index (χ2v) is 31.5. The third kappa shape index (κ3) is 19.5. The van der Waals surface area contributed by atoms with Gasteiger partial charge in [0.05, 0.1) is 24.2 Å². The topological polar surface area (TPSA) is 330 Å². The van der Waals surface area contributed by atoms with Crippen LogP contribution in [-0.4, -0.2) is 174 Å². The zero-order valence-corrected chi connectivity index (χ0v) is 69.8. The molecule has 26 nitrogen and oxygen atoms in total. The first-order valence-electron chi connectivity index (χ1n) is 41.4. The van der Waals surface area contributed by atoms with Gasteiger partial charge in [-0.05, 0) is 139 Å². The molecule has 0 aromatic heterocycles. The zero-order valence-electron chi connectivity index (χ0n) is 69.8. The molecular weight excluding hydrogens is 1570 g/mol. The second kappa shape index (κ2) is 39.2. The molecule has 6 aliphatic rings. The average Bonchev–Trinajstić information content (AvgIpc) is 1.64. The average molecular weight is 1670 g/mol. The lowest BCUT2D eigenvalue weighted by Crippen LogP contribution is -2.58. The summed E-state index contributed by atoms with van der Waals surface area (Å²) in [6.45, 7) is 14.7. The fourth-order valence-electron chi connectivity index (χ4n) is 16.8. The highest BCUT2D eigenvalue weighted by atomic mass is 16.6. The number of ether oxygens (including phenoxy) is 6. The Morgan fingerprint density at radius 1 is 0.317 bits per heavy atom. The Morgan fingerprint density at radius 3 is 0.837 bits per heavy atom. The highest BCUT2D eigenvalue weighted by molar-refractivity contribution is 5.96. The summed E-state index contributed by atoms with van der Waals surface area (Å²) in [7, 11) is 0. The number of alkyl carbamates (subject to hydrolysis) is 3. The molecule has 5 N–H and O–H groups in total. The number of hydrogen-bond donors (Lipinski definition) is 5. The Morgan fingerprint density at radius 2 is 0.553 bits per heavy atom. The van der Waals surface area contributed by atoms with E-state index in [1.807, 2.05) is 200 Å². The predicted molar refractivity (Wildman–Crippen MR) is 456 cm³/mol. The number of nitrogens with zero attached hydrogens (tertiary/aromatic N) is 3. The molecule has 26 heteroatoms. The molecule has 3 aliphatic heterocycles. The highest BCUT2D eigenvalue weighted by Crippen LogP contribution is 2.48. The number of fused-ring (bicyclic) bond motifs is 9. The number of esters is 3. The lowest BCUT2D eigenvalue weighted by molar-refractivity contribution is -0.169. The van der Waals surface area contributed by atoms with E-state index in [2.05, 4.69) is 63.0 Å². The van der Waals surface area contributed by atoms with E-state index in [1.54, 1.807) is 55.4 Å². The fourth-order valence-corrected chi connectivity index (χ4v) is 16.8. The molecule has 0 radical (unpaired) electrons. The van der Waals surface area contributed by atoms with Gasteiger partial charge in [-0.1, -0.05) is 244 Å². The van der Waals surface area contributed by atoms with Crippen LogP contribution in [0.1, 0.15) is 155 Å². The number of carbonyl (C=O) groups is 12. The van der Waals surface area contributed by atoms with Crippen LogP contribution in [-0.2, 0) is 71.6 Å². The number of nitrogens with one attached hydrogen (secondary N) is 5. The van der Waals surface area contributed by atoms with Gasteiger partial charge in [0, 0.05) is 30.1 Å². The third-order valence-electron chi connectivity index (χ3n) is 23.4. The second-order valence-electron chi connectivity index (χ2n) is 31.5. The van der Waals surface area contributed by atoms with Crippen LogP contribution in [0.5, 0.6) is 0 Å². The van der Waals surface area contributed by atoms with E-state index in [0.717, 1.165) is 83.5 Å². The van der Waals surface area contributed by atoms with Gasteiger partial charge in [-0.15, -0.1) is 0 Å². The molecule has 8 amide bonds. The van der Waals surface area contributed by atoms with Crippen LogP contribution in [0.25, 0.3) is 33.4 Å². The predicted octanol–water partition coefficient (Wildman–Crippen LogP) is 12.9. The van der Waals surface area contributed by atoms with Crippen molar-refractivity contribution in [3.05, 3.63) is 287 Å². The van der Waals surface area contributed by atoms with E-state index in [-0.39, 0.29) is 75.5 Å². The number of benzene rings is 9. The molecule has 636 valence electrons. The maximum absolute atomic E-state index is 13.5. The standard InChI is InChI=1S/C36H39N3O7.C32H33N3O6.C29H28N2O5/c1-21(33(41)37-23(3)34(42)39-24(4)35(43)45-20-31(39)25-12-6-5-7-13-25)18-32(40)22(2)38-36(44)46-19-30-28-16-10-8-14-26(28)27-15-9-11-17-29(27)30;1-19(34-32(39)41-17-27-25-15-9-7-13-23(25)24-14-8-10-16-26(24)27)29(36)33-20(2)30(37)35-21(3)31(38)40-18-28(35)22-11-5-4-6-12-22;1-18(27(32)31-19(2)28(33)35-17-26(31)20-10-4-3-5-11-20)30-29(34)36-16-25-23-14-8-6-12-21(23)22-13-7-9-15-24(22)25/h5-17,21-24,30-31H,18-20H2,1-4H3,(H,37,41)(H,38,44);4-16,19-21,27-28H,17-18H2,1-3H3,(H,33,36)(H,34,39);3-15,18-19,25-26H,16-17H2,1-2H3,(H,30,34)/t21-,22+,23+,24+,31+;19-,20-,21-,28-;18-,19-,26-/m100/s1. The maximum Gasteiger partial charge on any atom is 0.407 e. The van der Waals surface area contributed by atoms with Crippen LogP contribution in [0, 0.1) is 5.92 Å². The lowest BCUT2D eigenvalue weighted by atomic mass is 9.98. The molecule has 3 fully saturated rings. The van der Waals surface area contributed by atoms with Crippen molar-refractivity contribution >= 4 is 71.5 Å². The largest absolute Gasteiger partial charge is 0.462 e. The van der Waals surface area contributed by atoms with Crippen molar-refractivity contribution in [1.29, 1.82) is 0 Å². The van der Waals surface area contributed by atoms with E-state index in [4.69, 9.17) is 28.4 Å². The Kier molecular flexibility index (Phi) is 27.7. The first-order chi connectivity index (χ1) is 59.3. The molecule has 12 atom stereocenters. The molecule has 0 bridgehead atoms. The van der Waals surface area contributed by atoms with Gasteiger partial charge in [0.1, 0.15) is 81.9 Å². The van der Waals surface area contributed by atoms with Crippen molar-refractivity contribution in [3.8, 4) is 33.4 Å². The van der Waals surface area contributed by atoms with Crippen molar-refractivity contribution in [2.45, 2.75) is 153 Å². The normalized spacial score (nSPS) is 19.3. The summed E-state index contributed by atoms with van der Waals surface area (Å²) < 4.78 is 32.6. The summed E-state index contributed by atoms with van der Waals surface area (Å²) in [4.78, 5) is 159. The van der Waals surface area contributed by atoms with Crippen molar-refractivity contribution in [3.63, 3.8) is 0 Å². The summed E-state index contributed by atoms with van der Waals surface area (Å²) in [5.41, 5.74) is 15.8. The first-order valence-corrected chi connectivity index (χ1v) is 41.4. The van der Waals surface area contributed by atoms with Crippen LogP contribution < -0.4 is 26.6 Å². The van der Waals surface area contributed by atoms with Gasteiger partial charge < -0.3 is 69.7 Å². The van der Waals surface area contributed by atoms with Crippen LogP contribution >= 0.6 is 0 Å². The Hall–Kier alpha value is -13.8. The highest BCUT2D eigenvalue weighted by Gasteiger charge is 2.45. The van der Waals surface area contributed by atoms with E-state index >= 15 is 0 Å². The number of Topliss-reactive ketones (excluding diaryl/α,β-unsaturated/α-hetero) is 1. The Balaban J connectivity index is 0.000000160. The minimum Gasteiger partial charge on any atom is -0.462 e. The number of morpholine rings is 3. The summed E-state index contributed by atoms with van der Waals surface area (Å²) >= 11 is 0. The van der Waals surface area contributed by atoms with Gasteiger partial charge in [0.25, 0.3) is 0 Å². The van der Waals surface area contributed by atoms with Crippen molar-refractivity contribution < 1.29 is 86.0 Å². The molecule has 3 aliphatic carbocycles. The van der Waals surface area contributed by atoms with Crippen molar-refractivity contribution in [2.75, 3.05) is 39.6 Å². The van der Waals surface area contributed by atoms with Gasteiger partial charge >= 0.3 is 36.2 Å². The molecule has 0 saturated carbocycles. The summed E-state index contributed by atoms with van der Waals surface area (Å²) in [6, 6.07) is 67.7. The zero-order chi connectivity index (χ0) is 87.3. The summed E-state index contributed by atoms with van der Waals surface area (Å²) in [5.74, 6) is -5.20. The molecule has 15 rings (SSSR count). The third-order valence-corrected chi connectivity index (χ3v) is 23.4. The summed E-state index contributed by atoms with van der Waals surface area (Å²) in [6.07, 6.45) is -2.29. The smallest absolute Gasteiger partial charge is 0.407 e. The molecule has 3 heterocycles. The molecule has 123 heavy (non-hydrogen) atoms. The molecule has 0 unspecified atom stereocenters. The molecule has 9 aromatic rings. The summed E-state index contributed by atoms with van der Waals surface area (Å²) in [5, 5.41) is 13.1. The van der Waals surface area contributed by atoms with Crippen LogP contribution in [0.2, 0.25) is 0 Å². The van der Waals surface area contributed by atoms with E-state index in [1.165, 1.54) is 21.6 Å². The van der Waals surface area contributed by atoms with Crippen LogP contribution in [0.15, 0.2) is 237 Å². The van der Waals surface area contributed by atoms with Gasteiger partial charge in [0.15, 0.2) is 5.78 Å². The minimum atomic E-state index is -0.963. The fraction of sp³-hybridized carbons (Fsp3) is 0.320. The molecular formula is C97H100N8O18. The number of amides is 8. The van der Waals surface area contributed by atoms with Crippen LogP contribution in [0.3, 0.4) is 0 Å².